The SMILES string of the molecule is CC1CCC(C(=O)O)CN1C(=O)c1ccc(S(=O)(=O)N2CCCC2)cc1. The maximum Gasteiger partial charge on any atom is 0.308 e. The number of carbonyl (C=O) groups excluding carboxylic acids is 1. The Morgan fingerprint density at radius 2 is 1.69 bits per heavy atom. The summed E-state index contributed by atoms with van der Waals surface area (Å²) in [4.78, 5) is 25.8. The summed E-state index contributed by atoms with van der Waals surface area (Å²) in [5.41, 5.74) is 0.378. The topological polar surface area (TPSA) is 95.0 Å². The zero-order chi connectivity index (χ0) is 18.9. The van der Waals surface area contributed by atoms with Crippen LogP contribution in [0.15, 0.2) is 29.2 Å². The Balaban J connectivity index is 1.77. The number of carboxylic acid groups (broad SMARTS) is 1. The summed E-state index contributed by atoms with van der Waals surface area (Å²) in [6.07, 6.45) is 2.94. The molecule has 2 atom stereocenters. The molecule has 2 aliphatic heterocycles. The number of hydrogen-bond acceptors (Lipinski definition) is 4. The van der Waals surface area contributed by atoms with Crippen LogP contribution in [0.4, 0.5) is 0 Å². The van der Waals surface area contributed by atoms with Crippen molar-refractivity contribution in [1.82, 2.24) is 9.21 Å². The van der Waals surface area contributed by atoms with Crippen molar-refractivity contribution in [2.45, 2.75) is 43.5 Å². The summed E-state index contributed by atoms with van der Waals surface area (Å²) in [6.45, 7) is 3.15. The highest BCUT2D eigenvalue weighted by molar-refractivity contribution is 7.89. The second-order valence-electron chi connectivity index (χ2n) is 7.05. The van der Waals surface area contributed by atoms with Crippen LogP contribution >= 0.6 is 0 Å². The van der Waals surface area contributed by atoms with Gasteiger partial charge in [-0.1, -0.05) is 0 Å². The van der Waals surface area contributed by atoms with Crippen LogP contribution < -0.4 is 0 Å². The number of carbonyl (C=O) groups is 2. The number of rotatable bonds is 4. The zero-order valence-corrected chi connectivity index (χ0v) is 15.6. The number of amides is 1. The Morgan fingerprint density at radius 3 is 2.27 bits per heavy atom. The van der Waals surface area contributed by atoms with Crippen LogP contribution in [0.3, 0.4) is 0 Å². The maximum absolute atomic E-state index is 12.8. The molecule has 1 N–H and O–H groups in total. The van der Waals surface area contributed by atoms with Gasteiger partial charge in [0.25, 0.3) is 5.91 Å². The summed E-state index contributed by atoms with van der Waals surface area (Å²) in [7, 11) is -3.51. The molecule has 26 heavy (non-hydrogen) atoms. The van der Waals surface area contributed by atoms with Crippen molar-refractivity contribution in [3.05, 3.63) is 29.8 Å². The van der Waals surface area contributed by atoms with Crippen LogP contribution in [-0.4, -0.2) is 60.3 Å². The average molecular weight is 380 g/mol. The van der Waals surface area contributed by atoms with Crippen molar-refractivity contribution in [2.24, 2.45) is 5.92 Å². The van der Waals surface area contributed by atoms with E-state index in [1.807, 2.05) is 6.92 Å². The number of likely N-dealkylation sites (tertiary alicyclic amines) is 1. The molecule has 1 amide bonds. The second-order valence-corrected chi connectivity index (χ2v) is 8.99. The Kier molecular flexibility index (Phi) is 5.34. The fourth-order valence-electron chi connectivity index (χ4n) is 3.60. The van der Waals surface area contributed by atoms with Gasteiger partial charge in [-0.3, -0.25) is 9.59 Å². The fraction of sp³-hybridized carbons (Fsp3) is 0.556. The predicted octanol–water partition coefficient (Wildman–Crippen LogP) is 1.80. The smallest absolute Gasteiger partial charge is 0.308 e. The standard InChI is InChI=1S/C18H24N2O5S/c1-13-4-5-15(18(22)23)12-20(13)17(21)14-6-8-16(9-7-14)26(24,25)19-10-2-3-11-19/h6-9,13,15H,2-5,10-12H2,1H3,(H,22,23). The quantitative estimate of drug-likeness (QED) is 0.859. The molecule has 142 valence electrons. The van der Waals surface area contributed by atoms with Gasteiger partial charge >= 0.3 is 5.97 Å². The summed E-state index contributed by atoms with van der Waals surface area (Å²) in [6, 6.07) is 5.92. The molecule has 2 aliphatic rings. The summed E-state index contributed by atoms with van der Waals surface area (Å²) in [5, 5.41) is 9.22. The zero-order valence-electron chi connectivity index (χ0n) is 14.8. The molecule has 0 radical (unpaired) electrons. The molecular formula is C18H24N2O5S. The highest BCUT2D eigenvalue weighted by atomic mass is 32.2. The van der Waals surface area contributed by atoms with Gasteiger partial charge in [-0.05, 0) is 56.9 Å². The molecule has 2 heterocycles. The molecule has 8 heteroatoms. The van der Waals surface area contributed by atoms with E-state index in [0.717, 1.165) is 12.8 Å². The van der Waals surface area contributed by atoms with Crippen molar-refractivity contribution in [3.8, 4) is 0 Å². The first kappa shape index (κ1) is 18.8. The summed E-state index contributed by atoms with van der Waals surface area (Å²) in [5.74, 6) is -1.69. The van der Waals surface area contributed by atoms with Crippen molar-refractivity contribution < 1.29 is 23.1 Å². The molecule has 1 aromatic carbocycles. The van der Waals surface area contributed by atoms with Gasteiger partial charge in [0, 0.05) is 31.2 Å². The van der Waals surface area contributed by atoms with E-state index in [0.29, 0.717) is 31.5 Å². The van der Waals surface area contributed by atoms with E-state index in [1.54, 1.807) is 4.90 Å². The number of aliphatic carboxylic acids is 1. The van der Waals surface area contributed by atoms with Crippen LogP contribution in [0.2, 0.25) is 0 Å². The Bertz CT molecular complexity index is 784. The molecule has 3 rings (SSSR count). The van der Waals surface area contributed by atoms with Crippen LogP contribution in [0, 0.1) is 5.92 Å². The minimum atomic E-state index is -3.51. The molecular weight excluding hydrogens is 356 g/mol. The lowest BCUT2D eigenvalue weighted by molar-refractivity contribution is -0.143. The fourth-order valence-corrected chi connectivity index (χ4v) is 5.12. The van der Waals surface area contributed by atoms with Gasteiger partial charge in [-0.15, -0.1) is 0 Å². The molecule has 2 unspecified atom stereocenters. The van der Waals surface area contributed by atoms with Gasteiger partial charge < -0.3 is 10.0 Å². The van der Waals surface area contributed by atoms with E-state index in [2.05, 4.69) is 0 Å². The van der Waals surface area contributed by atoms with Crippen LogP contribution in [0.1, 0.15) is 43.0 Å². The van der Waals surface area contributed by atoms with E-state index in [1.165, 1.54) is 28.6 Å². The molecule has 0 aromatic heterocycles. The molecule has 0 bridgehead atoms. The van der Waals surface area contributed by atoms with Crippen molar-refractivity contribution in [2.75, 3.05) is 19.6 Å². The first-order valence-electron chi connectivity index (χ1n) is 8.94. The van der Waals surface area contributed by atoms with E-state index in [-0.39, 0.29) is 23.4 Å². The lowest BCUT2D eigenvalue weighted by Crippen LogP contribution is -2.47. The molecule has 1 aromatic rings. The highest BCUT2D eigenvalue weighted by Gasteiger charge is 2.33. The lowest BCUT2D eigenvalue weighted by atomic mass is 9.93. The number of carboxylic acids is 1. The third-order valence-electron chi connectivity index (χ3n) is 5.30. The maximum atomic E-state index is 12.8. The van der Waals surface area contributed by atoms with E-state index in [4.69, 9.17) is 0 Å². The number of hydrogen-bond donors (Lipinski definition) is 1. The van der Waals surface area contributed by atoms with Gasteiger partial charge in [0.15, 0.2) is 0 Å². The first-order chi connectivity index (χ1) is 12.3. The van der Waals surface area contributed by atoms with E-state index in [9.17, 15) is 23.1 Å². The number of nitrogens with zero attached hydrogens (tertiary/aromatic N) is 2. The normalized spacial score (nSPS) is 24.6. The Labute approximate surface area is 153 Å². The van der Waals surface area contributed by atoms with Crippen LogP contribution in [-0.2, 0) is 14.8 Å². The molecule has 0 aliphatic carbocycles. The molecule has 7 nitrogen and oxygen atoms in total. The first-order valence-corrected chi connectivity index (χ1v) is 10.4. The van der Waals surface area contributed by atoms with Crippen LogP contribution in [0.5, 0.6) is 0 Å². The molecule has 0 saturated carbocycles. The van der Waals surface area contributed by atoms with Gasteiger partial charge in [0.1, 0.15) is 0 Å². The number of sulfonamides is 1. The summed E-state index contributed by atoms with van der Waals surface area (Å²) >= 11 is 0. The van der Waals surface area contributed by atoms with Crippen LogP contribution in [0.25, 0.3) is 0 Å². The predicted molar refractivity (Wildman–Crippen MR) is 95.3 cm³/mol. The van der Waals surface area contributed by atoms with Crippen molar-refractivity contribution in [1.29, 1.82) is 0 Å². The third-order valence-corrected chi connectivity index (χ3v) is 7.21. The van der Waals surface area contributed by atoms with Gasteiger partial charge in [0.05, 0.1) is 10.8 Å². The number of piperidine rings is 1. The largest absolute Gasteiger partial charge is 0.481 e. The minimum absolute atomic E-state index is 0.0360. The van der Waals surface area contributed by atoms with Gasteiger partial charge in [0.2, 0.25) is 10.0 Å². The Hall–Kier alpha value is -1.93. The van der Waals surface area contributed by atoms with Gasteiger partial charge in [-0.25, -0.2) is 8.42 Å². The van der Waals surface area contributed by atoms with E-state index < -0.39 is 21.9 Å². The average Bonchev–Trinajstić information content (AvgIpc) is 3.17. The van der Waals surface area contributed by atoms with Crippen molar-refractivity contribution >= 4 is 21.9 Å². The molecule has 2 fully saturated rings. The molecule has 0 spiro atoms. The summed E-state index contributed by atoms with van der Waals surface area (Å²) < 4.78 is 26.6. The lowest BCUT2D eigenvalue weighted by Gasteiger charge is -2.36. The van der Waals surface area contributed by atoms with Crippen molar-refractivity contribution in [3.63, 3.8) is 0 Å². The monoisotopic (exact) mass is 380 g/mol. The van der Waals surface area contributed by atoms with E-state index >= 15 is 0 Å². The van der Waals surface area contributed by atoms with Gasteiger partial charge in [-0.2, -0.15) is 4.31 Å². The number of benzene rings is 1. The Morgan fingerprint density at radius 1 is 1.08 bits per heavy atom. The second kappa shape index (κ2) is 7.36. The highest BCUT2D eigenvalue weighted by Crippen LogP contribution is 2.25. The third kappa shape index (κ3) is 3.61. The molecule has 2 saturated heterocycles. The minimum Gasteiger partial charge on any atom is -0.481 e.